The zero-order valence-electron chi connectivity index (χ0n) is 14.1. The number of methoxy groups -OCH3 is 1. The molecule has 2 aromatic carbocycles. The Morgan fingerprint density at radius 3 is 1.67 bits per heavy atom. The summed E-state index contributed by atoms with van der Waals surface area (Å²) in [5.41, 5.74) is 3.60. The third kappa shape index (κ3) is 7.10. The van der Waals surface area contributed by atoms with Gasteiger partial charge >= 0.3 is 12.1 Å². The molecule has 0 radical (unpaired) electrons. The standard InChI is InChI=1S/C11H8F3NO3.C7H7NO/c1-18-10(17)8(11(12,13)14)15-9(16)7-5-3-2-4-6-7;8-7(9)6-4-2-1-3-5-6/h2-6H,1H3;1-5H,(H2,8,9). The van der Waals surface area contributed by atoms with E-state index in [1.54, 1.807) is 30.3 Å². The molecule has 0 spiro atoms. The van der Waals surface area contributed by atoms with Crippen LogP contribution in [0.2, 0.25) is 0 Å². The minimum absolute atomic E-state index is 0.0526. The van der Waals surface area contributed by atoms with E-state index >= 15 is 0 Å². The van der Waals surface area contributed by atoms with E-state index in [0.29, 0.717) is 5.56 Å². The fourth-order valence-electron chi connectivity index (χ4n) is 1.67. The Morgan fingerprint density at radius 2 is 1.33 bits per heavy atom. The van der Waals surface area contributed by atoms with Crippen LogP contribution in [0.3, 0.4) is 0 Å². The van der Waals surface area contributed by atoms with Crippen LogP contribution in [0, 0.1) is 0 Å². The number of benzene rings is 2. The summed E-state index contributed by atoms with van der Waals surface area (Å²) in [5, 5.41) is 0. The van der Waals surface area contributed by atoms with Crippen LogP contribution in [0.4, 0.5) is 13.2 Å². The number of amides is 2. The van der Waals surface area contributed by atoms with Gasteiger partial charge < -0.3 is 10.5 Å². The van der Waals surface area contributed by atoms with Crippen molar-refractivity contribution >= 4 is 23.5 Å². The molecule has 0 bridgehead atoms. The van der Waals surface area contributed by atoms with Crippen LogP contribution in [0.15, 0.2) is 65.7 Å². The number of hydrogen-bond acceptors (Lipinski definition) is 4. The van der Waals surface area contributed by atoms with Crippen molar-refractivity contribution in [1.29, 1.82) is 0 Å². The number of aliphatic imine (C=N–C) groups is 1. The second-order valence-electron chi connectivity index (χ2n) is 4.85. The summed E-state index contributed by atoms with van der Waals surface area (Å²) in [7, 11) is 0.774. The number of primary amides is 1. The number of carbonyl (C=O) groups is 3. The van der Waals surface area contributed by atoms with Gasteiger partial charge in [0.2, 0.25) is 11.6 Å². The summed E-state index contributed by atoms with van der Waals surface area (Å²) in [5.74, 6) is -3.24. The van der Waals surface area contributed by atoms with Crippen LogP contribution in [-0.4, -0.2) is 36.8 Å². The average Bonchev–Trinajstić information content (AvgIpc) is 2.66. The molecular weight excluding hydrogens is 365 g/mol. The normalized spacial score (nSPS) is 11.0. The summed E-state index contributed by atoms with van der Waals surface area (Å²) >= 11 is 0. The molecule has 0 heterocycles. The lowest BCUT2D eigenvalue weighted by atomic mass is 10.2. The Bertz CT molecular complexity index is 820. The molecule has 2 aromatic rings. The van der Waals surface area contributed by atoms with E-state index < -0.39 is 23.8 Å². The summed E-state index contributed by atoms with van der Waals surface area (Å²) in [6, 6.07) is 15.9. The predicted octanol–water partition coefficient (Wildman–Crippen LogP) is 2.79. The fraction of sp³-hybridized carbons (Fsp3) is 0.111. The van der Waals surface area contributed by atoms with Gasteiger partial charge in [0.05, 0.1) is 7.11 Å². The quantitative estimate of drug-likeness (QED) is 0.654. The summed E-state index contributed by atoms with van der Waals surface area (Å²) in [4.78, 5) is 35.5. The van der Waals surface area contributed by atoms with Crippen molar-refractivity contribution in [1.82, 2.24) is 0 Å². The third-order valence-electron chi connectivity index (χ3n) is 2.94. The van der Waals surface area contributed by atoms with Gasteiger partial charge in [0.25, 0.3) is 5.91 Å². The van der Waals surface area contributed by atoms with Gasteiger partial charge in [0, 0.05) is 11.1 Å². The van der Waals surface area contributed by atoms with Gasteiger partial charge in [-0.15, -0.1) is 0 Å². The highest BCUT2D eigenvalue weighted by Crippen LogP contribution is 2.19. The average molecular weight is 380 g/mol. The van der Waals surface area contributed by atoms with E-state index in [4.69, 9.17) is 5.73 Å². The van der Waals surface area contributed by atoms with Crippen molar-refractivity contribution in [2.45, 2.75) is 6.18 Å². The molecule has 2 rings (SSSR count). The van der Waals surface area contributed by atoms with Crippen molar-refractivity contribution < 1.29 is 32.3 Å². The molecule has 142 valence electrons. The highest BCUT2D eigenvalue weighted by Gasteiger charge is 2.42. The van der Waals surface area contributed by atoms with Gasteiger partial charge in [0.1, 0.15) is 0 Å². The molecule has 0 saturated carbocycles. The smallest absolute Gasteiger partial charge is 0.440 e. The first-order valence-corrected chi connectivity index (χ1v) is 7.35. The predicted molar refractivity (Wildman–Crippen MR) is 91.2 cm³/mol. The lowest BCUT2D eigenvalue weighted by molar-refractivity contribution is -0.137. The minimum atomic E-state index is -5.04. The maximum absolute atomic E-state index is 12.4. The van der Waals surface area contributed by atoms with Crippen LogP contribution in [0.1, 0.15) is 20.7 Å². The number of halogens is 3. The maximum atomic E-state index is 12.4. The first-order valence-electron chi connectivity index (χ1n) is 7.35. The van der Waals surface area contributed by atoms with E-state index in [2.05, 4.69) is 9.73 Å². The minimum Gasteiger partial charge on any atom is -0.464 e. The number of alkyl halides is 3. The summed E-state index contributed by atoms with van der Waals surface area (Å²) in [6.45, 7) is 0. The Labute approximate surface area is 152 Å². The zero-order chi connectivity index (χ0) is 20.4. The molecule has 0 saturated heterocycles. The first-order chi connectivity index (χ1) is 12.7. The van der Waals surface area contributed by atoms with E-state index in [1.807, 2.05) is 6.07 Å². The largest absolute Gasteiger partial charge is 0.464 e. The number of esters is 1. The summed E-state index contributed by atoms with van der Waals surface area (Å²) < 4.78 is 41.3. The lowest BCUT2D eigenvalue weighted by Gasteiger charge is -2.07. The maximum Gasteiger partial charge on any atom is 0.440 e. The molecule has 0 aromatic heterocycles. The molecule has 2 amide bonds. The number of carbonyl (C=O) groups excluding carboxylic acids is 3. The van der Waals surface area contributed by atoms with Gasteiger partial charge in [0.15, 0.2) is 0 Å². The Balaban J connectivity index is 0.000000337. The molecule has 0 unspecified atom stereocenters. The van der Waals surface area contributed by atoms with Crippen molar-refractivity contribution in [3.8, 4) is 0 Å². The van der Waals surface area contributed by atoms with E-state index in [-0.39, 0.29) is 11.5 Å². The van der Waals surface area contributed by atoms with Gasteiger partial charge in [-0.2, -0.15) is 18.2 Å². The highest BCUT2D eigenvalue weighted by atomic mass is 19.4. The van der Waals surface area contributed by atoms with Crippen molar-refractivity contribution in [2.24, 2.45) is 10.7 Å². The number of nitrogens with two attached hydrogens (primary N) is 1. The number of ether oxygens (including phenoxy) is 1. The van der Waals surface area contributed by atoms with E-state index in [1.165, 1.54) is 24.3 Å². The van der Waals surface area contributed by atoms with Crippen LogP contribution in [-0.2, 0) is 9.53 Å². The molecule has 9 heteroatoms. The summed E-state index contributed by atoms with van der Waals surface area (Å²) in [6.07, 6.45) is -5.04. The van der Waals surface area contributed by atoms with Crippen LogP contribution >= 0.6 is 0 Å². The number of rotatable bonds is 3. The second-order valence-corrected chi connectivity index (χ2v) is 4.85. The van der Waals surface area contributed by atoms with Crippen LogP contribution in [0.25, 0.3) is 0 Å². The molecule has 0 aliphatic rings. The fourth-order valence-corrected chi connectivity index (χ4v) is 1.67. The second kappa shape index (κ2) is 9.85. The Hall–Kier alpha value is -3.49. The molecule has 27 heavy (non-hydrogen) atoms. The topological polar surface area (TPSA) is 98.8 Å². The molecular formula is C18H15F3N2O4. The lowest BCUT2D eigenvalue weighted by Crippen LogP contribution is -2.33. The van der Waals surface area contributed by atoms with E-state index in [9.17, 15) is 27.6 Å². The van der Waals surface area contributed by atoms with Crippen molar-refractivity contribution in [3.63, 3.8) is 0 Å². The van der Waals surface area contributed by atoms with Gasteiger partial charge in [-0.25, -0.2) is 4.79 Å². The monoisotopic (exact) mass is 380 g/mol. The van der Waals surface area contributed by atoms with Gasteiger partial charge in [-0.1, -0.05) is 36.4 Å². The molecule has 0 atom stereocenters. The third-order valence-corrected chi connectivity index (χ3v) is 2.94. The Morgan fingerprint density at radius 1 is 0.889 bits per heavy atom. The van der Waals surface area contributed by atoms with Crippen LogP contribution in [0.5, 0.6) is 0 Å². The number of hydrogen-bond donors (Lipinski definition) is 1. The zero-order valence-corrected chi connectivity index (χ0v) is 14.1. The molecule has 0 aliphatic carbocycles. The Kier molecular flexibility index (Phi) is 7.87. The molecule has 2 N–H and O–H groups in total. The number of nitrogens with zero attached hydrogens (tertiary/aromatic N) is 1. The molecule has 6 nitrogen and oxygen atoms in total. The SMILES string of the molecule is COC(=O)C(=NC(=O)c1ccccc1)C(F)(F)F.NC(=O)c1ccccc1. The van der Waals surface area contributed by atoms with Gasteiger partial charge in [-0.3, -0.25) is 9.59 Å². The van der Waals surface area contributed by atoms with Crippen molar-refractivity contribution in [2.75, 3.05) is 7.11 Å². The highest BCUT2D eigenvalue weighted by molar-refractivity contribution is 6.40. The molecule has 0 fully saturated rings. The molecule has 0 aliphatic heterocycles. The van der Waals surface area contributed by atoms with E-state index in [0.717, 1.165) is 7.11 Å². The van der Waals surface area contributed by atoms with Gasteiger partial charge in [-0.05, 0) is 24.3 Å². The first kappa shape index (κ1) is 21.6. The van der Waals surface area contributed by atoms with Crippen molar-refractivity contribution in [3.05, 3.63) is 71.8 Å². The van der Waals surface area contributed by atoms with Crippen LogP contribution < -0.4 is 5.73 Å².